The Morgan fingerprint density at radius 3 is 2.97 bits per heavy atom. The highest BCUT2D eigenvalue weighted by molar-refractivity contribution is 6.01. The minimum absolute atomic E-state index is 0.146. The van der Waals surface area contributed by atoms with Gasteiger partial charge in [0.15, 0.2) is 11.6 Å². The maximum Gasteiger partial charge on any atom is 0.340 e. The quantitative estimate of drug-likeness (QED) is 0.372. The number of nitrogens with zero attached hydrogens (tertiary/aromatic N) is 5. The molecule has 0 fully saturated rings. The third-order valence-corrected chi connectivity index (χ3v) is 3.88. The SMILES string of the molecule is C=N/C(=C\C=C/C)c1nc(Nc2ccncc2F)c2c(C(=O)OCC)ccn2n1. The van der Waals surface area contributed by atoms with Gasteiger partial charge in [0.25, 0.3) is 0 Å². The van der Waals surface area contributed by atoms with Gasteiger partial charge in [-0.05, 0) is 38.8 Å². The van der Waals surface area contributed by atoms with Crippen LogP contribution in [0.3, 0.4) is 0 Å². The monoisotopic (exact) mass is 394 g/mol. The maximum absolute atomic E-state index is 14.2. The number of aliphatic imine (C=N–C) groups is 1. The van der Waals surface area contributed by atoms with Crippen molar-refractivity contribution in [2.75, 3.05) is 11.9 Å². The van der Waals surface area contributed by atoms with Crippen LogP contribution < -0.4 is 5.32 Å². The number of anilines is 2. The fourth-order valence-electron chi connectivity index (χ4n) is 2.58. The number of carbonyl (C=O) groups is 1. The van der Waals surface area contributed by atoms with Crippen molar-refractivity contribution in [2.24, 2.45) is 4.99 Å². The Hall–Kier alpha value is -3.88. The van der Waals surface area contributed by atoms with Gasteiger partial charge in [0.1, 0.15) is 11.2 Å². The van der Waals surface area contributed by atoms with E-state index in [-0.39, 0.29) is 29.5 Å². The van der Waals surface area contributed by atoms with Crippen LogP contribution in [0, 0.1) is 5.82 Å². The largest absolute Gasteiger partial charge is 0.462 e. The van der Waals surface area contributed by atoms with E-state index in [1.165, 1.54) is 16.8 Å². The Morgan fingerprint density at radius 1 is 1.45 bits per heavy atom. The molecule has 3 heterocycles. The third kappa shape index (κ3) is 4.18. The average Bonchev–Trinajstić information content (AvgIpc) is 3.15. The molecule has 148 valence electrons. The van der Waals surface area contributed by atoms with Crippen LogP contribution in [0.25, 0.3) is 11.2 Å². The molecule has 8 nitrogen and oxygen atoms in total. The van der Waals surface area contributed by atoms with Crippen LogP contribution in [-0.4, -0.2) is 38.9 Å². The number of fused-ring (bicyclic) bond motifs is 1. The first-order valence-corrected chi connectivity index (χ1v) is 8.82. The lowest BCUT2D eigenvalue weighted by molar-refractivity contribution is 0.0528. The average molecular weight is 394 g/mol. The highest BCUT2D eigenvalue weighted by atomic mass is 19.1. The van der Waals surface area contributed by atoms with E-state index in [2.05, 4.69) is 32.1 Å². The number of rotatable bonds is 7. The van der Waals surface area contributed by atoms with Gasteiger partial charge in [-0.2, -0.15) is 0 Å². The molecule has 0 unspecified atom stereocenters. The fourth-order valence-corrected chi connectivity index (χ4v) is 2.58. The molecule has 3 aromatic rings. The second-order valence-electron chi connectivity index (χ2n) is 5.74. The van der Waals surface area contributed by atoms with Crippen LogP contribution in [0.15, 0.2) is 53.9 Å². The Kier molecular flexibility index (Phi) is 6.08. The fraction of sp³-hybridized carbons (Fsp3) is 0.150. The van der Waals surface area contributed by atoms with Crippen molar-refractivity contribution in [3.05, 3.63) is 66.2 Å². The zero-order valence-electron chi connectivity index (χ0n) is 16.0. The third-order valence-electron chi connectivity index (χ3n) is 3.88. The second-order valence-corrected chi connectivity index (χ2v) is 5.74. The number of halogens is 1. The van der Waals surface area contributed by atoms with Crippen molar-refractivity contribution in [1.29, 1.82) is 0 Å². The van der Waals surface area contributed by atoms with Gasteiger partial charge in [-0.25, -0.2) is 18.7 Å². The second kappa shape index (κ2) is 8.87. The van der Waals surface area contributed by atoms with E-state index in [1.807, 2.05) is 13.0 Å². The van der Waals surface area contributed by atoms with Crippen molar-refractivity contribution in [1.82, 2.24) is 19.6 Å². The van der Waals surface area contributed by atoms with E-state index in [9.17, 15) is 9.18 Å². The number of carbonyl (C=O) groups excluding carboxylic acids is 1. The van der Waals surface area contributed by atoms with Gasteiger partial charge in [0, 0.05) is 12.4 Å². The van der Waals surface area contributed by atoms with Crippen LogP contribution in [0.2, 0.25) is 0 Å². The summed E-state index contributed by atoms with van der Waals surface area (Å²) in [5.41, 5.74) is 1.15. The van der Waals surface area contributed by atoms with Crippen molar-refractivity contribution >= 4 is 35.4 Å². The summed E-state index contributed by atoms with van der Waals surface area (Å²) in [4.78, 5) is 24.5. The van der Waals surface area contributed by atoms with Gasteiger partial charge in [0.2, 0.25) is 5.82 Å². The first kappa shape index (κ1) is 19.9. The Morgan fingerprint density at radius 2 is 2.28 bits per heavy atom. The van der Waals surface area contributed by atoms with Crippen LogP contribution in [0.1, 0.15) is 30.0 Å². The smallest absolute Gasteiger partial charge is 0.340 e. The normalized spacial score (nSPS) is 11.8. The predicted octanol–water partition coefficient (Wildman–Crippen LogP) is 3.80. The molecule has 0 spiro atoms. The first-order chi connectivity index (χ1) is 14.1. The number of nitrogens with one attached hydrogen (secondary N) is 1. The number of esters is 1. The van der Waals surface area contributed by atoms with Crippen LogP contribution in [0.4, 0.5) is 15.9 Å². The minimum atomic E-state index is -0.568. The zero-order chi connectivity index (χ0) is 20.8. The summed E-state index contributed by atoms with van der Waals surface area (Å²) in [6.45, 7) is 7.34. The van der Waals surface area contributed by atoms with E-state index < -0.39 is 11.8 Å². The van der Waals surface area contributed by atoms with Gasteiger partial charge in [0.05, 0.1) is 24.1 Å². The van der Waals surface area contributed by atoms with Gasteiger partial charge >= 0.3 is 5.97 Å². The van der Waals surface area contributed by atoms with E-state index in [4.69, 9.17) is 4.74 Å². The Labute approximate surface area is 166 Å². The zero-order valence-corrected chi connectivity index (χ0v) is 16.0. The lowest BCUT2D eigenvalue weighted by Gasteiger charge is -2.11. The summed E-state index contributed by atoms with van der Waals surface area (Å²) >= 11 is 0. The van der Waals surface area contributed by atoms with E-state index in [1.54, 1.807) is 31.3 Å². The molecule has 29 heavy (non-hydrogen) atoms. The molecule has 0 saturated carbocycles. The van der Waals surface area contributed by atoms with Crippen molar-refractivity contribution in [3.8, 4) is 0 Å². The molecule has 0 radical (unpaired) electrons. The molecule has 9 heteroatoms. The summed E-state index contributed by atoms with van der Waals surface area (Å²) in [6.07, 6.45) is 9.40. The molecule has 0 aliphatic rings. The van der Waals surface area contributed by atoms with Gasteiger partial charge < -0.3 is 10.1 Å². The number of pyridine rings is 1. The van der Waals surface area contributed by atoms with Crippen molar-refractivity contribution < 1.29 is 13.9 Å². The lowest BCUT2D eigenvalue weighted by Crippen LogP contribution is -2.10. The summed E-state index contributed by atoms with van der Waals surface area (Å²) < 4.78 is 20.7. The minimum Gasteiger partial charge on any atom is -0.462 e. The van der Waals surface area contributed by atoms with E-state index in [0.717, 1.165) is 6.20 Å². The highest BCUT2D eigenvalue weighted by Gasteiger charge is 2.20. The molecule has 0 aliphatic heterocycles. The van der Waals surface area contributed by atoms with Gasteiger partial charge in [-0.3, -0.25) is 9.98 Å². The first-order valence-electron chi connectivity index (χ1n) is 8.82. The number of aromatic nitrogens is 4. The standard InChI is InChI=1S/C20H19FN6O2/c1-4-6-7-16(22-3)18-25-19(24-15-8-10-23-12-14(15)21)17-13(20(28)29-5-2)9-11-27(17)26-18/h4,6-12H,3,5H2,1-2H3,(H,23,24,25,26)/b6-4-,16-7-. The number of ether oxygens (including phenoxy) is 1. The molecular weight excluding hydrogens is 375 g/mol. The summed E-state index contributed by atoms with van der Waals surface area (Å²) in [6, 6.07) is 3.03. The van der Waals surface area contributed by atoms with Crippen LogP contribution in [0.5, 0.6) is 0 Å². The van der Waals surface area contributed by atoms with E-state index >= 15 is 0 Å². The van der Waals surface area contributed by atoms with Crippen LogP contribution >= 0.6 is 0 Å². The number of hydrogen-bond acceptors (Lipinski definition) is 7. The molecular formula is C20H19FN6O2. The predicted molar refractivity (Wildman–Crippen MR) is 109 cm³/mol. The summed E-state index contributed by atoms with van der Waals surface area (Å²) in [5.74, 6) is -0.644. The number of hydrogen-bond donors (Lipinski definition) is 1. The molecule has 0 saturated heterocycles. The molecule has 0 atom stereocenters. The molecule has 1 N–H and O–H groups in total. The van der Waals surface area contributed by atoms with Crippen molar-refractivity contribution in [2.45, 2.75) is 13.8 Å². The van der Waals surface area contributed by atoms with Gasteiger partial charge in [-0.15, -0.1) is 5.10 Å². The Balaban J connectivity index is 2.22. The molecule has 0 aliphatic carbocycles. The molecule has 3 rings (SSSR count). The maximum atomic E-state index is 14.2. The Bertz CT molecular complexity index is 1120. The van der Waals surface area contributed by atoms with Crippen molar-refractivity contribution in [3.63, 3.8) is 0 Å². The molecule has 3 aromatic heterocycles. The summed E-state index contributed by atoms with van der Waals surface area (Å²) in [7, 11) is 0. The topological polar surface area (TPSA) is 93.8 Å². The lowest BCUT2D eigenvalue weighted by atomic mass is 10.2. The molecule has 0 bridgehead atoms. The highest BCUT2D eigenvalue weighted by Crippen LogP contribution is 2.27. The van der Waals surface area contributed by atoms with Gasteiger partial charge in [-0.1, -0.05) is 12.2 Å². The number of allylic oxidation sites excluding steroid dienone is 3. The molecule has 0 amide bonds. The van der Waals surface area contributed by atoms with E-state index in [0.29, 0.717) is 11.2 Å². The van der Waals surface area contributed by atoms with Crippen LogP contribution in [-0.2, 0) is 4.74 Å². The molecule has 0 aromatic carbocycles. The summed E-state index contributed by atoms with van der Waals surface area (Å²) in [5, 5.41) is 7.32.